The zero-order valence-electron chi connectivity index (χ0n) is 17.9. The van der Waals surface area contributed by atoms with E-state index in [0.717, 1.165) is 61.4 Å². The van der Waals surface area contributed by atoms with Crippen molar-refractivity contribution in [2.45, 2.75) is 19.3 Å². The smallest absolute Gasteiger partial charge is 0.257 e. The third kappa shape index (κ3) is 4.45. The lowest BCUT2D eigenvalue weighted by Crippen LogP contribution is -2.42. The molecule has 1 N–H and O–H groups in total. The van der Waals surface area contributed by atoms with E-state index in [9.17, 15) is 9.59 Å². The van der Waals surface area contributed by atoms with Gasteiger partial charge >= 0.3 is 0 Å². The van der Waals surface area contributed by atoms with Crippen molar-refractivity contribution in [3.8, 4) is 11.1 Å². The Morgan fingerprint density at radius 3 is 2.53 bits per heavy atom. The van der Waals surface area contributed by atoms with Crippen molar-refractivity contribution in [3.05, 3.63) is 70.7 Å². The summed E-state index contributed by atoms with van der Waals surface area (Å²) in [5.74, 6) is -0.0252. The number of nitrogens with one attached hydrogen (secondary N) is 1. The summed E-state index contributed by atoms with van der Waals surface area (Å²) < 4.78 is 0. The highest BCUT2D eigenvalue weighted by atomic mass is 32.1. The van der Waals surface area contributed by atoms with Crippen molar-refractivity contribution in [1.29, 1.82) is 0 Å². The molecular formula is C25H26N4O2S. The highest BCUT2D eigenvalue weighted by Crippen LogP contribution is 2.27. The average molecular weight is 447 g/mol. The standard InChI is InChI=1S/C25H26N4O2S/c30-23(27-25-26-10-16-32-25)19-5-3-18(4-6-19)20-7-8-22-21(17-20)9-13-29(24(22)31)15-14-28-11-1-2-12-28/h3-8,10,16-17H,1-2,9,11-15H2,(H,26,27,30). The Hall–Kier alpha value is -3.03. The first-order valence-corrected chi connectivity index (χ1v) is 12.0. The number of carbonyl (C=O) groups is 2. The molecule has 0 unspecified atom stereocenters. The van der Waals surface area contributed by atoms with Crippen molar-refractivity contribution in [3.63, 3.8) is 0 Å². The molecule has 0 spiro atoms. The largest absolute Gasteiger partial charge is 0.337 e. The monoisotopic (exact) mass is 446 g/mol. The second kappa shape index (κ2) is 9.22. The topological polar surface area (TPSA) is 65.5 Å². The fourth-order valence-electron chi connectivity index (χ4n) is 4.47. The Labute approximate surface area is 191 Å². The number of hydrogen-bond donors (Lipinski definition) is 1. The molecule has 2 aliphatic rings. The number of carbonyl (C=O) groups excluding carboxylic acids is 2. The van der Waals surface area contributed by atoms with Gasteiger partial charge in [-0.3, -0.25) is 14.9 Å². The Morgan fingerprint density at radius 2 is 1.78 bits per heavy atom. The molecule has 6 nitrogen and oxygen atoms in total. The number of amides is 2. The van der Waals surface area contributed by atoms with Crippen LogP contribution in [-0.4, -0.2) is 59.3 Å². The molecule has 0 saturated carbocycles. The number of nitrogens with zero attached hydrogens (tertiary/aromatic N) is 3. The van der Waals surface area contributed by atoms with Crippen molar-refractivity contribution < 1.29 is 9.59 Å². The lowest BCUT2D eigenvalue weighted by molar-refractivity contribution is 0.0724. The second-order valence-electron chi connectivity index (χ2n) is 8.33. The highest BCUT2D eigenvalue weighted by molar-refractivity contribution is 7.13. The Bertz CT molecular complexity index is 1110. The van der Waals surface area contributed by atoms with Gasteiger partial charge in [0.05, 0.1) is 0 Å². The van der Waals surface area contributed by atoms with E-state index in [2.05, 4.69) is 21.3 Å². The van der Waals surface area contributed by atoms with Gasteiger partial charge in [-0.25, -0.2) is 4.98 Å². The zero-order valence-corrected chi connectivity index (χ0v) is 18.7. The molecule has 1 fully saturated rings. The molecule has 5 rings (SSSR count). The third-order valence-corrected chi connectivity index (χ3v) is 6.98. The van der Waals surface area contributed by atoms with Crippen molar-refractivity contribution in [2.75, 3.05) is 38.0 Å². The summed E-state index contributed by atoms with van der Waals surface area (Å²) >= 11 is 1.39. The molecule has 2 amide bonds. The Balaban J connectivity index is 1.26. The van der Waals surface area contributed by atoms with Crippen LogP contribution in [0.3, 0.4) is 0 Å². The fraction of sp³-hybridized carbons (Fsp3) is 0.320. The first kappa shape index (κ1) is 20.8. The minimum absolute atomic E-state index is 0.145. The Morgan fingerprint density at radius 1 is 1.00 bits per heavy atom. The number of fused-ring (bicyclic) bond motifs is 1. The van der Waals surface area contributed by atoms with Gasteiger partial charge in [0.15, 0.2) is 5.13 Å². The van der Waals surface area contributed by atoms with Gasteiger partial charge in [-0.15, -0.1) is 11.3 Å². The zero-order chi connectivity index (χ0) is 21.9. The van der Waals surface area contributed by atoms with Gasteiger partial charge in [-0.05, 0) is 67.2 Å². The molecule has 3 heterocycles. The van der Waals surface area contributed by atoms with Gasteiger partial charge in [0.2, 0.25) is 0 Å². The summed E-state index contributed by atoms with van der Waals surface area (Å²) in [6.45, 7) is 4.88. The van der Waals surface area contributed by atoms with Crippen LogP contribution in [0.1, 0.15) is 39.1 Å². The lowest BCUT2D eigenvalue weighted by atomic mass is 9.93. The summed E-state index contributed by atoms with van der Waals surface area (Å²) in [6.07, 6.45) is 5.09. The van der Waals surface area contributed by atoms with Crippen LogP contribution in [-0.2, 0) is 6.42 Å². The van der Waals surface area contributed by atoms with Gasteiger partial charge in [0.25, 0.3) is 11.8 Å². The van der Waals surface area contributed by atoms with Gasteiger partial charge in [-0.2, -0.15) is 0 Å². The van der Waals surface area contributed by atoms with E-state index in [-0.39, 0.29) is 11.8 Å². The lowest BCUT2D eigenvalue weighted by Gasteiger charge is -2.30. The molecule has 0 radical (unpaired) electrons. The quantitative estimate of drug-likeness (QED) is 0.618. The van der Waals surface area contributed by atoms with Crippen LogP contribution >= 0.6 is 11.3 Å². The fourth-order valence-corrected chi connectivity index (χ4v) is 4.99. The highest BCUT2D eigenvalue weighted by Gasteiger charge is 2.25. The summed E-state index contributed by atoms with van der Waals surface area (Å²) in [6, 6.07) is 13.6. The number of hydrogen-bond acceptors (Lipinski definition) is 5. The van der Waals surface area contributed by atoms with E-state index >= 15 is 0 Å². The van der Waals surface area contributed by atoms with E-state index in [1.54, 1.807) is 6.20 Å². The first-order valence-electron chi connectivity index (χ1n) is 11.1. The third-order valence-electron chi connectivity index (χ3n) is 6.29. The molecule has 2 aliphatic heterocycles. The maximum Gasteiger partial charge on any atom is 0.257 e. The van der Waals surface area contributed by atoms with E-state index in [4.69, 9.17) is 0 Å². The average Bonchev–Trinajstić information content (AvgIpc) is 3.53. The number of rotatable bonds is 6. The van der Waals surface area contributed by atoms with Crippen molar-refractivity contribution in [2.24, 2.45) is 0 Å². The van der Waals surface area contributed by atoms with Crippen molar-refractivity contribution >= 4 is 28.3 Å². The minimum atomic E-state index is -0.170. The molecule has 3 aromatic rings. The molecular weight excluding hydrogens is 420 g/mol. The van der Waals surface area contributed by atoms with Crippen LogP contribution in [0.15, 0.2) is 54.0 Å². The summed E-state index contributed by atoms with van der Waals surface area (Å²) in [7, 11) is 0. The normalized spacial score (nSPS) is 16.2. The summed E-state index contributed by atoms with van der Waals surface area (Å²) in [5, 5.41) is 5.22. The SMILES string of the molecule is O=C(Nc1nccs1)c1ccc(-c2ccc3c(c2)CCN(CCN2CCCC2)C3=O)cc1. The van der Waals surface area contributed by atoms with Crippen LogP contribution in [0, 0.1) is 0 Å². The van der Waals surface area contributed by atoms with E-state index < -0.39 is 0 Å². The molecule has 1 saturated heterocycles. The van der Waals surface area contributed by atoms with E-state index in [0.29, 0.717) is 10.7 Å². The van der Waals surface area contributed by atoms with Gasteiger partial charge < -0.3 is 9.80 Å². The van der Waals surface area contributed by atoms with Gasteiger partial charge in [0, 0.05) is 42.3 Å². The maximum absolute atomic E-state index is 13.0. The molecule has 2 aromatic carbocycles. The molecule has 0 aliphatic carbocycles. The molecule has 1 aromatic heterocycles. The molecule has 0 atom stereocenters. The first-order chi connectivity index (χ1) is 15.7. The Kier molecular flexibility index (Phi) is 6.01. The molecule has 164 valence electrons. The molecule has 7 heteroatoms. The number of aromatic nitrogens is 1. The van der Waals surface area contributed by atoms with Gasteiger partial charge in [-0.1, -0.05) is 24.3 Å². The van der Waals surface area contributed by atoms with Crippen LogP contribution in [0.25, 0.3) is 11.1 Å². The van der Waals surface area contributed by atoms with Crippen LogP contribution in [0.4, 0.5) is 5.13 Å². The molecule has 0 bridgehead atoms. The number of likely N-dealkylation sites (tertiary alicyclic amines) is 1. The van der Waals surface area contributed by atoms with E-state index in [1.807, 2.05) is 46.7 Å². The van der Waals surface area contributed by atoms with Crippen LogP contribution in [0.2, 0.25) is 0 Å². The van der Waals surface area contributed by atoms with Crippen molar-refractivity contribution in [1.82, 2.24) is 14.8 Å². The second-order valence-corrected chi connectivity index (χ2v) is 9.23. The molecule has 32 heavy (non-hydrogen) atoms. The summed E-state index contributed by atoms with van der Waals surface area (Å²) in [4.78, 5) is 33.9. The number of benzene rings is 2. The predicted octanol–water partition coefficient (Wildman–Crippen LogP) is 4.16. The van der Waals surface area contributed by atoms with Crippen LogP contribution in [0.5, 0.6) is 0 Å². The minimum Gasteiger partial charge on any atom is -0.337 e. The summed E-state index contributed by atoms with van der Waals surface area (Å²) in [5.41, 5.74) is 4.61. The predicted molar refractivity (Wildman–Crippen MR) is 127 cm³/mol. The number of thiazole rings is 1. The number of anilines is 1. The van der Waals surface area contributed by atoms with Crippen LogP contribution < -0.4 is 5.32 Å². The maximum atomic E-state index is 13.0. The van der Waals surface area contributed by atoms with Gasteiger partial charge in [0.1, 0.15) is 0 Å². The van der Waals surface area contributed by atoms with E-state index in [1.165, 1.54) is 24.2 Å².